The second-order valence-electron chi connectivity index (χ2n) is 7.50. The highest BCUT2D eigenvalue weighted by Crippen LogP contribution is 2.33. The van der Waals surface area contributed by atoms with Crippen molar-refractivity contribution in [2.75, 3.05) is 5.32 Å². The van der Waals surface area contributed by atoms with E-state index in [4.69, 9.17) is 4.52 Å². The van der Waals surface area contributed by atoms with E-state index in [9.17, 15) is 0 Å². The molecule has 0 radical (unpaired) electrons. The van der Waals surface area contributed by atoms with Crippen LogP contribution in [0.25, 0.3) is 11.5 Å². The Morgan fingerprint density at radius 2 is 1.83 bits per heavy atom. The Hall–Kier alpha value is -1.84. The smallest absolute Gasteiger partial charge is 0.257 e. The molecule has 0 spiro atoms. The second-order valence-corrected chi connectivity index (χ2v) is 7.50. The van der Waals surface area contributed by atoms with E-state index in [0.29, 0.717) is 17.8 Å². The summed E-state index contributed by atoms with van der Waals surface area (Å²) in [7, 11) is 0. The Labute approximate surface area is 144 Å². The van der Waals surface area contributed by atoms with Gasteiger partial charge in [0.2, 0.25) is 0 Å². The first-order valence-electron chi connectivity index (χ1n) is 9.48. The summed E-state index contributed by atoms with van der Waals surface area (Å²) in [4.78, 5) is 4.38. The molecule has 4 rings (SSSR count). The molecule has 4 nitrogen and oxygen atoms in total. The summed E-state index contributed by atoms with van der Waals surface area (Å²) in [5.74, 6) is 2.16. The fourth-order valence-electron chi connectivity index (χ4n) is 4.25. The first kappa shape index (κ1) is 15.7. The fourth-order valence-corrected chi connectivity index (χ4v) is 4.25. The van der Waals surface area contributed by atoms with Gasteiger partial charge in [-0.2, -0.15) is 4.98 Å². The third kappa shape index (κ3) is 3.47. The highest BCUT2D eigenvalue weighted by Gasteiger charge is 2.20. The third-order valence-corrected chi connectivity index (χ3v) is 5.58. The molecule has 0 unspecified atom stereocenters. The number of benzene rings is 1. The predicted octanol–water partition coefficient (Wildman–Crippen LogP) is 5.13. The third-order valence-electron chi connectivity index (χ3n) is 5.58. The Morgan fingerprint density at radius 3 is 2.54 bits per heavy atom. The molecule has 2 saturated carbocycles. The Bertz CT molecular complexity index is 682. The Balaban J connectivity index is 1.61. The van der Waals surface area contributed by atoms with Gasteiger partial charge in [-0.05, 0) is 49.8 Å². The average molecular weight is 325 g/mol. The van der Waals surface area contributed by atoms with Crippen LogP contribution in [-0.4, -0.2) is 16.2 Å². The average Bonchev–Trinajstić information content (AvgIpc) is 3.32. The van der Waals surface area contributed by atoms with E-state index in [2.05, 4.69) is 33.7 Å². The lowest BCUT2D eigenvalue weighted by atomic mass is 9.95. The number of aromatic nitrogens is 2. The minimum absolute atomic E-state index is 0.618. The molecule has 2 fully saturated rings. The van der Waals surface area contributed by atoms with E-state index < -0.39 is 0 Å². The molecule has 24 heavy (non-hydrogen) atoms. The van der Waals surface area contributed by atoms with Crippen LogP contribution in [0.5, 0.6) is 0 Å². The van der Waals surface area contributed by atoms with Crippen molar-refractivity contribution in [1.29, 1.82) is 0 Å². The molecule has 0 bridgehead atoms. The van der Waals surface area contributed by atoms with Crippen LogP contribution in [0.15, 0.2) is 22.7 Å². The summed E-state index contributed by atoms with van der Waals surface area (Å²) in [6.45, 7) is 1.86. The van der Waals surface area contributed by atoms with Crippen molar-refractivity contribution in [1.82, 2.24) is 10.1 Å². The van der Waals surface area contributed by atoms with Crippen molar-refractivity contribution in [2.45, 2.75) is 70.8 Å². The summed E-state index contributed by atoms with van der Waals surface area (Å²) in [5, 5.41) is 7.74. The largest absolute Gasteiger partial charge is 0.382 e. The van der Waals surface area contributed by atoms with Gasteiger partial charge in [0.05, 0.1) is 0 Å². The molecule has 0 amide bonds. The molecule has 0 atom stereocenters. The number of hydrogen-bond donors (Lipinski definition) is 1. The summed E-state index contributed by atoms with van der Waals surface area (Å²) < 4.78 is 5.36. The van der Waals surface area contributed by atoms with E-state index in [1.807, 2.05) is 6.92 Å². The molecule has 1 N–H and O–H groups in total. The van der Waals surface area contributed by atoms with Gasteiger partial charge in [0, 0.05) is 17.3 Å². The first-order chi connectivity index (χ1) is 11.8. The number of rotatable bonds is 5. The van der Waals surface area contributed by atoms with Crippen molar-refractivity contribution >= 4 is 5.69 Å². The number of anilines is 1. The van der Waals surface area contributed by atoms with Crippen LogP contribution in [0, 0.1) is 12.8 Å². The molecule has 1 aromatic heterocycles. The number of aryl methyl sites for hydroxylation is 1. The van der Waals surface area contributed by atoms with Gasteiger partial charge < -0.3 is 9.84 Å². The standard InChI is InChI=1S/C20H27N3O/c1-14-21-20(24-23-14)17-11-10-16(12-15-6-2-3-7-15)19(13-17)22-18-8-4-5-9-18/h10-11,13,15,18,22H,2-9,12H2,1H3. The minimum Gasteiger partial charge on any atom is -0.382 e. The highest BCUT2D eigenvalue weighted by atomic mass is 16.5. The Kier molecular flexibility index (Phi) is 4.54. The van der Waals surface area contributed by atoms with Crippen molar-refractivity contribution in [3.8, 4) is 11.5 Å². The van der Waals surface area contributed by atoms with Crippen molar-refractivity contribution < 1.29 is 4.52 Å². The maximum atomic E-state index is 5.36. The maximum absolute atomic E-state index is 5.36. The van der Waals surface area contributed by atoms with Gasteiger partial charge in [-0.15, -0.1) is 0 Å². The zero-order valence-electron chi connectivity index (χ0n) is 14.6. The molecule has 1 heterocycles. The molecule has 0 aliphatic heterocycles. The van der Waals surface area contributed by atoms with Gasteiger partial charge >= 0.3 is 0 Å². The molecule has 1 aromatic carbocycles. The van der Waals surface area contributed by atoms with Crippen LogP contribution in [0.1, 0.15) is 62.8 Å². The number of nitrogens with zero attached hydrogens (tertiary/aromatic N) is 2. The van der Waals surface area contributed by atoms with Crippen LogP contribution in [-0.2, 0) is 6.42 Å². The number of nitrogens with one attached hydrogen (secondary N) is 1. The van der Waals surface area contributed by atoms with Gasteiger partial charge in [0.1, 0.15) is 0 Å². The van der Waals surface area contributed by atoms with Crippen LogP contribution in [0.3, 0.4) is 0 Å². The normalized spacial score (nSPS) is 19.2. The molecule has 4 heteroatoms. The van der Waals surface area contributed by atoms with Crippen LogP contribution < -0.4 is 5.32 Å². The van der Waals surface area contributed by atoms with E-state index >= 15 is 0 Å². The van der Waals surface area contributed by atoms with Crippen molar-refractivity contribution in [3.63, 3.8) is 0 Å². The summed E-state index contributed by atoms with van der Waals surface area (Å²) in [6, 6.07) is 7.24. The lowest BCUT2D eigenvalue weighted by molar-refractivity contribution is 0.425. The molecule has 128 valence electrons. The van der Waals surface area contributed by atoms with Crippen LogP contribution >= 0.6 is 0 Å². The lowest BCUT2D eigenvalue weighted by Gasteiger charge is -2.19. The SMILES string of the molecule is Cc1noc(-c2ccc(CC3CCCC3)c(NC3CCCC3)c2)n1. The van der Waals surface area contributed by atoms with Crippen molar-refractivity contribution in [2.24, 2.45) is 5.92 Å². The monoisotopic (exact) mass is 325 g/mol. The number of hydrogen-bond acceptors (Lipinski definition) is 4. The van der Waals surface area contributed by atoms with Crippen LogP contribution in [0.4, 0.5) is 5.69 Å². The molecular formula is C20H27N3O. The maximum Gasteiger partial charge on any atom is 0.257 e. The zero-order valence-corrected chi connectivity index (χ0v) is 14.6. The fraction of sp³-hybridized carbons (Fsp3) is 0.600. The molecular weight excluding hydrogens is 298 g/mol. The van der Waals surface area contributed by atoms with Crippen molar-refractivity contribution in [3.05, 3.63) is 29.6 Å². The second kappa shape index (κ2) is 6.96. The summed E-state index contributed by atoms with van der Waals surface area (Å²) in [5.41, 5.74) is 3.75. The summed E-state index contributed by atoms with van der Waals surface area (Å²) >= 11 is 0. The minimum atomic E-state index is 0.618. The topological polar surface area (TPSA) is 51.0 Å². The molecule has 2 aliphatic rings. The highest BCUT2D eigenvalue weighted by molar-refractivity contribution is 5.65. The molecule has 2 aromatic rings. The van der Waals surface area contributed by atoms with Gasteiger partial charge in [-0.3, -0.25) is 0 Å². The van der Waals surface area contributed by atoms with Crippen LogP contribution in [0.2, 0.25) is 0 Å². The van der Waals surface area contributed by atoms with Gasteiger partial charge in [-0.1, -0.05) is 49.7 Å². The summed E-state index contributed by atoms with van der Waals surface area (Å²) in [6.07, 6.45) is 12.0. The first-order valence-corrected chi connectivity index (χ1v) is 9.48. The van der Waals surface area contributed by atoms with Gasteiger partial charge in [-0.25, -0.2) is 0 Å². The molecule has 0 saturated heterocycles. The van der Waals surface area contributed by atoms with E-state index in [1.165, 1.54) is 69.0 Å². The van der Waals surface area contributed by atoms with E-state index in [-0.39, 0.29) is 0 Å². The van der Waals surface area contributed by atoms with Gasteiger partial charge in [0.15, 0.2) is 5.82 Å². The Morgan fingerprint density at radius 1 is 1.08 bits per heavy atom. The molecule has 2 aliphatic carbocycles. The predicted molar refractivity (Wildman–Crippen MR) is 96.0 cm³/mol. The lowest BCUT2D eigenvalue weighted by Crippen LogP contribution is -2.16. The van der Waals surface area contributed by atoms with Gasteiger partial charge in [0.25, 0.3) is 5.89 Å². The quantitative estimate of drug-likeness (QED) is 0.827. The zero-order chi connectivity index (χ0) is 16.4. The van der Waals surface area contributed by atoms with E-state index in [1.54, 1.807) is 0 Å². The van der Waals surface area contributed by atoms with E-state index in [0.717, 1.165) is 11.5 Å².